The summed E-state index contributed by atoms with van der Waals surface area (Å²) in [6, 6.07) is 6.75. The van der Waals surface area contributed by atoms with Crippen LogP contribution in [0, 0.1) is 0 Å². The summed E-state index contributed by atoms with van der Waals surface area (Å²) >= 11 is 0. The van der Waals surface area contributed by atoms with Crippen molar-refractivity contribution in [1.82, 2.24) is 0 Å². The second-order valence-corrected chi connectivity index (χ2v) is 3.74. The highest BCUT2D eigenvalue weighted by Crippen LogP contribution is 2.03. The van der Waals surface area contributed by atoms with Crippen molar-refractivity contribution in [3.63, 3.8) is 0 Å². The number of hydrogen-bond acceptors (Lipinski definition) is 6. The Bertz CT molecular complexity index is 563. The molecule has 0 atom stereocenters. The van der Waals surface area contributed by atoms with Gasteiger partial charge < -0.3 is 18.3 Å². The van der Waals surface area contributed by atoms with Gasteiger partial charge in [0.25, 0.3) is 0 Å². The number of hydrogen-bond donors (Lipinski definition) is 0. The monoisotopic (exact) mass is 288 g/mol. The quantitative estimate of drug-likeness (QED) is 0.462. The average Bonchev–Trinajstić information content (AvgIpc) is 3.16. The fourth-order valence-electron chi connectivity index (χ4n) is 1.31. The summed E-state index contributed by atoms with van der Waals surface area (Å²) < 4.78 is 19.4. The van der Waals surface area contributed by atoms with E-state index in [1.807, 2.05) is 0 Å². The highest BCUT2D eigenvalue weighted by atomic mass is 16.7. The van der Waals surface area contributed by atoms with Gasteiger partial charge in [0, 0.05) is 12.2 Å². The molecule has 2 aromatic heterocycles. The minimum absolute atomic E-state index is 0.470. The van der Waals surface area contributed by atoms with E-state index in [0.29, 0.717) is 11.5 Å². The lowest BCUT2D eigenvalue weighted by molar-refractivity contribution is -0.160. The van der Waals surface area contributed by atoms with E-state index in [1.165, 1.54) is 36.8 Å². The molecule has 0 saturated carbocycles. The maximum Gasteiger partial charge on any atom is 0.333 e. The molecule has 0 saturated heterocycles. The molecule has 2 rings (SSSR count). The van der Waals surface area contributed by atoms with Gasteiger partial charge >= 0.3 is 11.9 Å². The molecule has 0 radical (unpaired) electrons. The van der Waals surface area contributed by atoms with Crippen LogP contribution in [-0.2, 0) is 19.1 Å². The van der Waals surface area contributed by atoms with Crippen LogP contribution in [0.3, 0.4) is 0 Å². The predicted octanol–water partition coefficient (Wildman–Crippen LogP) is 2.64. The molecule has 0 amide bonds. The first-order valence-electron chi connectivity index (χ1n) is 6.01. The number of carbonyl (C=O) groups is 2. The summed E-state index contributed by atoms with van der Waals surface area (Å²) in [7, 11) is 0. The number of rotatable bonds is 6. The van der Waals surface area contributed by atoms with Crippen molar-refractivity contribution in [2.45, 2.75) is 0 Å². The van der Waals surface area contributed by atoms with E-state index in [4.69, 9.17) is 8.83 Å². The van der Waals surface area contributed by atoms with E-state index in [1.54, 1.807) is 24.3 Å². The molecule has 6 nitrogen and oxygen atoms in total. The summed E-state index contributed by atoms with van der Waals surface area (Å²) in [4.78, 5) is 22.6. The molecule has 108 valence electrons. The van der Waals surface area contributed by atoms with Crippen LogP contribution in [0.4, 0.5) is 0 Å². The minimum atomic E-state index is -0.644. The molecule has 2 heterocycles. The van der Waals surface area contributed by atoms with Gasteiger partial charge in [0.2, 0.25) is 6.79 Å². The third kappa shape index (κ3) is 5.23. The highest BCUT2D eigenvalue weighted by molar-refractivity contribution is 5.87. The fraction of sp³-hybridized carbons (Fsp3) is 0.0667. The van der Waals surface area contributed by atoms with Crippen LogP contribution >= 0.6 is 0 Å². The van der Waals surface area contributed by atoms with Crippen molar-refractivity contribution in [3.05, 3.63) is 60.5 Å². The third-order valence-corrected chi connectivity index (χ3v) is 2.26. The molecule has 2 aromatic rings. The smallest absolute Gasteiger partial charge is 0.333 e. The van der Waals surface area contributed by atoms with Crippen molar-refractivity contribution < 1.29 is 27.9 Å². The maximum absolute atomic E-state index is 11.3. The SMILES string of the molecule is O=C(/C=C/c1ccco1)OCOC(=O)/C=C/c1ccco1. The third-order valence-electron chi connectivity index (χ3n) is 2.26. The Balaban J connectivity index is 1.66. The molecule has 0 unspecified atom stereocenters. The van der Waals surface area contributed by atoms with Gasteiger partial charge in [-0.1, -0.05) is 0 Å². The molecular weight excluding hydrogens is 276 g/mol. The van der Waals surface area contributed by atoms with Crippen molar-refractivity contribution in [2.75, 3.05) is 6.79 Å². The fourth-order valence-corrected chi connectivity index (χ4v) is 1.31. The van der Waals surface area contributed by atoms with E-state index in [-0.39, 0.29) is 0 Å². The lowest BCUT2D eigenvalue weighted by atomic mass is 10.4. The van der Waals surface area contributed by atoms with Gasteiger partial charge in [-0.2, -0.15) is 0 Å². The first-order valence-corrected chi connectivity index (χ1v) is 6.01. The Hall–Kier alpha value is -3.02. The number of carbonyl (C=O) groups excluding carboxylic acids is 2. The zero-order valence-electron chi connectivity index (χ0n) is 10.9. The van der Waals surface area contributed by atoms with Gasteiger partial charge in [-0.15, -0.1) is 0 Å². The Morgan fingerprint density at radius 2 is 1.38 bits per heavy atom. The van der Waals surface area contributed by atoms with Crippen LogP contribution in [0.2, 0.25) is 0 Å². The van der Waals surface area contributed by atoms with Crippen LogP contribution in [-0.4, -0.2) is 18.7 Å². The highest BCUT2D eigenvalue weighted by Gasteiger charge is 2.01. The second-order valence-electron chi connectivity index (χ2n) is 3.74. The van der Waals surface area contributed by atoms with E-state index in [2.05, 4.69) is 9.47 Å². The Labute approximate surface area is 120 Å². The molecule has 0 spiro atoms. The summed E-state index contributed by atoms with van der Waals surface area (Å²) in [6.07, 6.45) is 8.20. The lowest BCUT2D eigenvalue weighted by Crippen LogP contribution is -2.09. The molecule has 0 aliphatic carbocycles. The Morgan fingerprint density at radius 1 is 0.905 bits per heavy atom. The van der Waals surface area contributed by atoms with Crippen LogP contribution in [0.1, 0.15) is 11.5 Å². The molecule has 0 aliphatic rings. The standard InChI is InChI=1S/C15H12O6/c16-14(7-5-12-3-1-9-18-12)20-11-21-15(17)8-6-13-4-2-10-19-13/h1-10H,11H2/b7-5+,8-6+. The van der Waals surface area contributed by atoms with Gasteiger partial charge in [-0.25, -0.2) is 9.59 Å². The van der Waals surface area contributed by atoms with Crippen LogP contribution < -0.4 is 0 Å². The molecular formula is C15H12O6. The minimum Gasteiger partial charge on any atom is -0.465 e. The van der Waals surface area contributed by atoms with Crippen molar-refractivity contribution in [3.8, 4) is 0 Å². The summed E-state index contributed by atoms with van der Waals surface area (Å²) in [6.45, 7) is -0.470. The van der Waals surface area contributed by atoms with Crippen LogP contribution in [0.25, 0.3) is 12.2 Å². The van der Waals surface area contributed by atoms with E-state index >= 15 is 0 Å². The number of esters is 2. The normalized spacial score (nSPS) is 11.0. The van der Waals surface area contributed by atoms with Gasteiger partial charge in [0.15, 0.2) is 0 Å². The number of furan rings is 2. The molecule has 21 heavy (non-hydrogen) atoms. The zero-order valence-corrected chi connectivity index (χ0v) is 10.9. The Morgan fingerprint density at radius 3 is 1.76 bits per heavy atom. The van der Waals surface area contributed by atoms with Crippen LogP contribution in [0.5, 0.6) is 0 Å². The second kappa shape index (κ2) is 7.54. The molecule has 6 heteroatoms. The topological polar surface area (TPSA) is 78.9 Å². The van der Waals surface area contributed by atoms with Gasteiger partial charge in [0.05, 0.1) is 12.5 Å². The largest absolute Gasteiger partial charge is 0.465 e. The summed E-state index contributed by atoms with van der Waals surface area (Å²) in [5.41, 5.74) is 0. The summed E-state index contributed by atoms with van der Waals surface area (Å²) in [5, 5.41) is 0. The predicted molar refractivity (Wildman–Crippen MR) is 72.5 cm³/mol. The van der Waals surface area contributed by atoms with Crippen LogP contribution in [0.15, 0.2) is 57.8 Å². The Kier molecular flexibility index (Phi) is 5.17. The van der Waals surface area contributed by atoms with Gasteiger partial charge in [-0.3, -0.25) is 0 Å². The van der Waals surface area contributed by atoms with Crippen molar-refractivity contribution in [1.29, 1.82) is 0 Å². The molecule has 0 aromatic carbocycles. The number of ether oxygens (including phenoxy) is 2. The summed E-state index contributed by atoms with van der Waals surface area (Å²) in [5.74, 6) is -0.251. The first kappa shape index (κ1) is 14.4. The zero-order chi connectivity index (χ0) is 14.9. The molecule has 0 N–H and O–H groups in total. The van der Waals surface area contributed by atoms with Crippen molar-refractivity contribution >= 4 is 24.1 Å². The van der Waals surface area contributed by atoms with Crippen molar-refractivity contribution in [2.24, 2.45) is 0 Å². The first-order chi connectivity index (χ1) is 10.2. The van der Waals surface area contributed by atoms with Gasteiger partial charge in [-0.05, 0) is 36.4 Å². The van der Waals surface area contributed by atoms with E-state index < -0.39 is 18.7 Å². The van der Waals surface area contributed by atoms with Gasteiger partial charge in [0.1, 0.15) is 11.5 Å². The average molecular weight is 288 g/mol. The van der Waals surface area contributed by atoms with E-state index in [9.17, 15) is 9.59 Å². The maximum atomic E-state index is 11.3. The lowest BCUT2D eigenvalue weighted by Gasteiger charge is -2.01. The molecule has 0 fully saturated rings. The molecule has 0 aliphatic heterocycles. The molecule has 0 bridgehead atoms. The van der Waals surface area contributed by atoms with E-state index in [0.717, 1.165) is 0 Å².